The maximum absolute atomic E-state index is 7.20. The molecule has 0 atom stereocenters. The van der Waals surface area contributed by atoms with Gasteiger partial charge in [-0.2, -0.15) is 0 Å². The quantitative estimate of drug-likeness (QED) is 0.160. The Labute approximate surface area is 369 Å². The first-order chi connectivity index (χ1) is 31.8. The van der Waals surface area contributed by atoms with Gasteiger partial charge in [0, 0.05) is 50.0 Å². The summed E-state index contributed by atoms with van der Waals surface area (Å²) >= 11 is 0. The zero-order valence-corrected chi connectivity index (χ0v) is 34.8. The highest BCUT2D eigenvalue weighted by molar-refractivity contribution is 6.29. The lowest BCUT2D eigenvalue weighted by Gasteiger charge is -2.25. The molecule has 0 bridgehead atoms. The highest BCUT2D eigenvalue weighted by Gasteiger charge is 2.22. The van der Waals surface area contributed by atoms with Crippen LogP contribution in [-0.2, 0) is 0 Å². The minimum absolute atomic E-state index is 0.913. The van der Waals surface area contributed by atoms with E-state index in [0.717, 1.165) is 88.8 Å². The van der Waals surface area contributed by atoms with Gasteiger partial charge in [0.05, 0.1) is 32.8 Å². The molecule has 13 rings (SSSR count). The molecule has 0 saturated carbocycles. The van der Waals surface area contributed by atoms with E-state index in [9.17, 15) is 0 Å². The van der Waals surface area contributed by atoms with Crippen LogP contribution in [0.3, 0.4) is 0 Å². The van der Waals surface area contributed by atoms with E-state index in [2.05, 4.69) is 251 Å². The summed E-state index contributed by atoms with van der Waals surface area (Å²) in [6.45, 7) is 0. The summed E-state index contributed by atoms with van der Waals surface area (Å²) < 4.78 is 11.9. The number of nitrogens with zero attached hydrogens (tertiary/aromatic N) is 3. The first-order valence-corrected chi connectivity index (χ1v) is 21.8. The number of furan rings is 1. The molecule has 4 nitrogen and oxygen atoms in total. The molecule has 10 aromatic carbocycles. The topological polar surface area (TPSA) is 26.2 Å². The average Bonchev–Trinajstić information content (AvgIpc) is 4.03. The maximum atomic E-state index is 7.20. The molecule has 0 aliphatic heterocycles. The number of hydrogen-bond donors (Lipinski definition) is 0. The Morgan fingerprint density at radius 1 is 0.266 bits per heavy atom. The summed E-state index contributed by atoms with van der Waals surface area (Å²) in [5.41, 5.74) is 16.7. The van der Waals surface area contributed by atoms with Gasteiger partial charge in [-0.05, 0) is 119 Å². The zero-order valence-electron chi connectivity index (χ0n) is 34.8. The number of aromatic nitrogens is 2. The Hall–Kier alpha value is -8.60. The predicted octanol–water partition coefficient (Wildman–Crippen LogP) is 16.6. The van der Waals surface area contributed by atoms with Crippen LogP contribution in [0.1, 0.15) is 0 Å². The van der Waals surface area contributed by atoms with Crippen LogP contribution in [0.2, 0.25) is 0 Å². The van der Waals surface area contributed by atoms with E-state index in [1.807, 2.05) is 0 Å². The van der Waals surface area contributed by atoms with Crippen molar-refractivity contribution in [2.75, 3.05) is 4.90 Å². The lowest BCUT2D eigenvalue weighted by Crippen LogP contribution is -2.09. The molecular formula is C60H39N3O. The van der Waals surface area contributed by atoms with Gasteiger partial charge in [0.1, 0.15) is 11.2 Å². The maximum Gasteiger partial charge on any atom is 0.145 e. The fourth-order valence-electron chi connectivity index (χ4n) is 9.99. The average molecular weight is 818 g/mol. The molecule has 13 aromatic rings. The Morgan fingerprint density at radius 3 is 1.08 bits per heavy atom. The third kappa shape index (κ3) is 5.63. The molecule has 0 N–H and O–H groups in total. The van der Waals surface area contributed by atoms with Crippen LogP contribution in [0.4, 0.5) is 17.1 Å². The van der Waals surface area contributed by atoms with Crippen LogP contribution in [0.5, 0.6) is 0 Å². The number of anilines is 3. The van der Waals surface area contributed by atoms with Crippen molar-refractivity contribution in [3.63, 3.8) is 0 Å². The fraction of sp³-hybridized carbons (Fsp3) is 0. The van der Waals surface area contributed by atoms with Gasteiger partial charge in [0.2, 0.25) is 0 Å². The minimum Gasteiger partial charge on any atom is -0.455 e. The number of benzene rings is 10. The second-order valence-corrected chi connectivity index (χ2v) is 16.5. The van der Waals surface area contributed by atoms with Crippen molar-refractivity contribution in [3.05, 3.63) is 237 Å². The van der Waals surface area contributed by atoms with Crippen LogP contribution in [0.15, 0.2) is 241 Å². The molecule has 0 aliphatic rings. The first-order valence-electron chi connectivity index (χ1n) is 21.8. The summed E-state index contributed by atoms with van der Waals surface area (Å²) in [6.07, 6.45) is 0. The normalized spacial score (nSPS) is 11.8. The molecule has 3 aromatic heterocycles. The van der Waals surface area contributed by atoms with Crippen molar-refractivity contribution in [1.82, 2.24) is 9.13 Å². The Kier molecular flexibility index (Phi) is 8.18. The van der Waals surface area contributed by atoms with Crippen molar-refractivity contribution in [2.24, 2.45) is 0 Å². The lowest BCUT2D eigenvalue weighted by molar-refractivity contribution is 0.677. The molecule has 3 heterocycles. The van der Waals surface area contributed by atoms with Gasteiger partial charge >= 0.3 is 0 Å². The van der Waals surface area contributed by atoms with Crippen molar-refractivity contribution >= 4 is 82.6 Å². The molecule has 300 valence electrons. The third-order valence-corrected chi connectivity index (χ3v) is 12.9. The van der Waals surface area contributed by atoms with Crippen LogP contribution in [0, 0.1) is 0 Å². The van der Waals surface area contributed by atoms with E-state index in [1.54, 1.807) is 0 Å². The summed E-state index contributed by atoms with van der Waals surface area (Å²) in [7, 11) is 0. The highest BCUT2D eigenvalue weighted by atomic mass is 16.3. The molecular weight excluding hydrogens is 779 g/mol. The molecule has 0 fully saturated rings. The summed E-state index contributed by atoms with van der Waals surface area (Å²) in [5.74, 6) is 0. The van der Waals surface area contributed by atoms with Gasteiger partial charge < -0.3 is 18.5 Å². The van der Waals surface area contributed by atoms with Crippen LogP contribution < -0.4 is 4.90 Å². The van der Waals surface area contributed by atoms with Crippen molar-refractivity contribution < 1.29 is 4.42 Å². The SMILES string of the molecule is c1ccc(-c2ccc(-n3c4ccccc4c4c5oc6c(ccc7c6c6ccccc6n7-c6ccc(-c7ccc(N(c8ccccc8)c8ccccc8)cc7)cc6)c5ccc43)cc2)cc1. The van der Waals surface area contributed by atoms with E-state index in [4.69, 9.17) is 4.42 Å². The fourth-order valence-corrected chi connectivity index (χ4v) is 9.99. The van der Waals surface area contributed by atoms with Crippen molar-refractivity contribution in [3.8, 4) is 33.6 Å². The number of hydrogen-bond acceptors (Lipinski definition) is 2. The molecule has 64 heavy (non-hydrogen) atoms. The number of rotatable bonds is 7. The molecule has 0 radical (unpaired) electrons. The lowest BCUT2D eigenvalue weighted by atomic mass is 10.0. The Morgan fingerprint density at radius 2 is 0.625 bits per heavy atom. The van der Waals surface area contributed by atoms with Crippen LogP contribution in [0.25, 0.3) is 99.2 Å². The van der Waals surface area contributed by atoms with Gasteiger partial charge in [-0.1, -0.05) is 140 Å². The van der Waals surface area contributed by atoms with Crippen molar-refractivity contribution in [2.45, 2.75) is 0 Å². The molecule has 4 heteroatoms. The third-order valence-electron chi connectivity index (χ3n) is 12.9. The van der Waals surface area contributed by atoms with Crippen LogP contribution >= 0.6 is 0 Å². The second kappa shape index (κ2) is 14.5. The van der Waals surface area contributed by atoms with E-state index in [-0.39, 0.29) is 0 Å². The van der Waals surface area contributed by atoms with Gasteiger partial charge in [-0.3, -0.25) is 0 Å². The highest BCUT2D eigenvalue weighted by Crippen LogP contribution is 2.45. The standard InChI is InChI=1S/C60H39N3O/c1-4-14-40(15-5-1)41-26-32-47(33-27-41)62-53-22-12-10-20-51(53)57-55(62)38-36-49-50-37-39-56-58(60(50)64-59(49)57)52-21-11-13-23-54(52)63(56)48-34-28-43(29-35-48)42-24-30-46(31-25-42)61(44-16-6-2-7-17-44)45-18-8-3-9-19-45/h1-39H. The second-order valence-electron chi connectivity index (χ2n) is 16.5. The van der Waals surface area contributed by atoms with E-state index < -0.39 is 0 Å². The van der Waals surface area contributed by atoms with E-state index >= 15 is 0 Å². The van der Waals surface area contributed by atoms with Crippen molar-refractivity contribution in [1.29, 1.82) is 0 Å². The molecule has 0 spiro atoms. The predicted molar refractivity (Wildman–Crippen MR) is 268 cm³/mol. The number of fused-ring (bicyclic) bond motifs is 11. The Bertz CT molecular complexity index is 3810. The monoisotopic (exact) mass is 817 g/mol. The van der Waals surface area contributed by atoms with Gasteiger partial charge in [-0.15, -0.1) is 0 Å². The summed E-state index contributed by atoms with van der Waals surface area (Å²) in [5, 5.41) is 6.83. The van der Waals surface area contributed by atoms with E-state index in [0.29, 0.717) is 0 Å². The summed E-state index contributed by atoms with van der Waals surface area (Å²) in [4.78, 5) is 2.29. The van der Waals surface area contributed by atoms with Crippen LogP contribution in [-0.4, -0.2) is 9.13 Å². The first kappa shape index (κ1) is 36.1. The van der Waals surface area contributed by atoms with Gasteiger partial charge in [-0.25, -0.2) is 0 Å². The zero-order chi connectivity index (χ0) is 42.1. The Balaban J connectivity index is 0.912. The smallest absolute Gasteiger partial charge is 0.145 e. The molecule has 0 aliphatic carbocycles. The van der Waals surface area contributed by atoms with Gasteiger partial charge in [0.25, 0.3) is 0 Å². The molecule has 0 saturated heterocycles. The minimum atomic E-state index is 0.913. The largest absolute Gasteiger partial charge is 0.455 e. The van der Waals surface area contributed by atoms with Gasteiger partial charge in [0.15, 0.2) is 0 Å². The molecule has 0 unspecified atom stereocenters. The summed E-state index contributed by atoms with van der Waals surface area (Å²) in [6, 6.07) is 84.7. The van der Waals surface area contributed by atoms with E-state index in [1.165, 1.54) is 27.5 Å². The number of para-hydroxylation sites is 4. The molecule has 0 amide bonds.